The van der Waals surface area contributed by atoms with Gasteiger partial charge in [0, 0.05) is 57.7 Å². The van der Waals surface area contributed by atoms with Crippen LogP contribution in [0.4, 0.5) is 17.6 Å². The van der Waals surface area contributed by atoms with Gasteiger partial charge < -0.3 is 14.4 Å². The van der Waals surface area contributed by atoms with Gasteiger partial charge in [-0.2, -0.15) is 17.6 Å². The van der Waals surface area contributed by atoms with Gasteiger partial charge in [-0.05, 0) is 79.1 Å². The van der Waals surface area contributed by atoms with Crippen LogP contribution in [0.2, 0.25) is 0 Å². The third-order valence-corrected chi connectivity index (χ3v) is 9.02. The second kappa shape index (κ2) is 15.6. The van der Waals surface area contributed by atoms with Gasteiger partial charge in [-0.25, -0.2) is 9.67 Å². The van der Waals surface area contributed by atoms with Gasteiger partial charge >= 0.3 is 6.18 Å². The molecule has 2 saturated heterocycles. The van der Waals surface area contributed by atoms with Crippen molar-refractivity contribution in [3.8, 4) is 5.88 Å². The maximum Gasteiger partial charge on any atom is 0.393 e. The highest BCUT2D eigenvalue weighted by molar-refractivity contribution is 6.00. The Morgan fingerprint density at radius 3 is 2.52 bits per heavy atom. The maximum absolute atomic E-state index is 15.4. The number of allylic oxidation sites excluding steroid dienone is 1. The van der Waals surface area contributed by atoms with Gasteiger partial charge in [-0.1, -0.05) is 42.5 Å². The Morgan fingerprint density at radius 2 is 1.82 bits per heavy atom. The first-order valence-electron chi connectivity index (χ1n) is 16.9. The van der Waals surface area contributed by atoms with E-state index in [9.17, 15) is 18.0 Å². The fourth-order valence-electron chi connectivity index (χ4n) is 6.58. The highest BCUT2D eigenvalue weighted by atomic mass is 19.4. The molecule has 0 radical (unpaired) electrons. The highest BCUT2D eigenvalue weighted by Crippen LogP contribution is 2.40. The molecule has 8 nitrogen and oxygen atoms in total. The van der Waals surface area contributed by atoms with Crippen molar-refractivity contribution in [2.45, 2.75) is 57.0 Å². The van der Waals surface area contributed by atoms with Gasteiger partial charge in [0.05, 0.1) is 17.3 Å². The molecule has 2 aromatic heterocycles. The lowest BCUT2D eigenvalue weighted by atomic mass is 9.88. The summed E-state index contributed by atoms with van der Waals surface area (Å²) < 4.78 is 71.7. The Hall–Kier alpha value is -4.55. The summed E-state index contributed by atoms with van der Waals surface area (Å²) in [6.07, 6.45) is 2.92. The number of likely N-dealkylation sites (tertiary alicyclic amines) is 1. The van der Waals surface area contributed by atoms with Gasteiger partial charge in [0.25, 0.3) is 0 Å². The number of ether oxygens (including phenoxy) is 2. The van der Waals surface area contributed by atoms with Crippen LogP contribution in [0.3, 0.4) is 0 Å². The van der Waals surface area contributed by atoms with Crippen LogP contribution in [0.25, 0.3) is 22.0 Å². The van der Waals surface area contributed by atoms with Crippen LogP contribution in [-0.2, 0) is 9.53 Å². The van der Waals surface area contributed by atoms with E-state index < -0.39 is 24.8 Å². The van der Waals surface area contributed by atoms with Crippen molar-refractivity contribution in [1.82, 2.24) is 24.6 Å². The number of benzene rings is 2. The van der Waals surface area contributed by atoms with E-state index in [1.54, 1.807) is 80.8 Å². The van der Waals surface area contributed by atoms with E-state index in [0.717, 1.165) is 32.2 Å². The number of halogens is 4. The van der Waals surface area contributed by atoms with Gasteiger partial charge in [0.1, 0.15) is 6.10 Å². The first-order valence-corrected chi connectivity index (χ1v) is 16.9. The molecule has 50 heavy (non-hydrogen) atoms. The third kappa shape index (κ3) is 8.59. The molecule has 2 aliphatic rings. The fourth-order valence-corrected chi connectivity index (χ4v) is 6.58. The van der Waals surface area contributed by atoms with Crippen molar-refractivity contribution in [3.05, 3.63) is 102 Å². The molecular formula is C38H41F4N5O3. The summed E-state index contributed by atoms with van der Waals surface area (Å²) in [5.41, 5.74) is 2.08. The molecule has 1 unspecified atom stereocenters. The summed E-state index contributed by atoms with van der Waals surface area (Å²) in [5.74, 6) is -0.436. The van der Waals surface area contributed by atoms with Crippen molar-refractivity contribution in [3.63, 3.8) is 0 Å². The van der Waals surface area contributed by atoms with Crippen LogP contribution >= 0.6 is 0 Å². The SMILES string of the molecule is CN(C)C(=O)C=CCN1CCC[C@@H](Oc2ccc(/C(=C(/CC(F)(F)F)c3ccccc3)c3ccc4c(c3)c(F)nn4C3CCCCO3)cn2)C1. The fraction of sp³-hybridized carbons (Fsp3) is 0.395. The number of fused-ring (bicyclic) bond motifs is 1. The van der Waals surface area contributed by atoms with E-state index in [0.29, 0.717) is 59.8 Å². The van der Waals surface area contributed by atoms with Crippen LogP contribution in [-0.4, -0.2) is 83.1 Å². The topological polar surface area (TPSA) is 72.7 Å². The second-order valence-corrected chi connectivity index (χ2v) is 13.0. The van der Waals surface area contributed by atoms with E-state index in [4.69, 9.17) is 9.47 Å². The maximum atomic E-state index is 15.4. The summed E-state index contributed by atoms with van der Waals surface area (Å²) in [6.45, 7) is 2.68. The number of piperidine rings is 1. The lowest BCUT2D eigenvalue weighted by molar-refractivity contribution is -0.124. The molecule has 2 aliphatic heterocycles. The van der Waals surface area contributed by atoms with Crippen LogP contribution in [0.1, 0.15) is 61.4 Å². The number of hydrogen-bond donors (Lipinski definition) is 0. The molecule has 0 aliphatic carbocycles. The average molecular weight is 692 g/mol. The number of alkyl halides is 3. The smallest absolute Gasteiger partial charge is 0.393 e. The van der Waals surface area contributed by atoms with Gasteiger partial charge in [0.15, 0.2) is 6.23 Å². The number of amides is 1. The van der Waals surface area contributed by atoms with Crippen molar-refractivity contribution >= 4 is 28.0 Å². The molecule has 12 heteroatoms. The first-order chi connectivity index (χ1) is 24.1. The molecule has 4 aromatic rings. The summed E-state index contributed by atoms with van der Waals surface area (Å²) in [5, 5.41) is 4.33. The van der Waals surface area contributed by atoms with Gasteiger partial charge in [0.2, 0.25) is 17.7 Å². The lowest BCUT2D eigenvalue weighted by Gasteiger charge is -2.31. The average Bonchev–Trinajstić information content (AvgIpc) is 3.44. The van der Waals surface area contributed by atoms with Crippen molar-refractivity contribution < 1.29 is 31.8 Å². The van der Waals surface area contributed by atoms with E-state index in [2.05, 4.69) is 15.0 Å². The summed E-state index contributed by atoms with van der Waals surface area (Å²) >= 11 is 0. The Morgan fingerprint density at radius 1 is 1.02 bits per heavy atom. The largest absolute Gasteiger partial charge is 0.473 e. The van der Waals surface area contributed by atoms with Crippen molar-refractivity contribution in [2.75, 3.05) is 40.3 Å². The molecule has 2 atom stereocenters. The Kier molecular flexibility index (Phi) is 11.0. The molecule has 4 heterocycles. The molecular weight excluding hydrogens is 650 g/mol. The number of hydrogen-bond acceptors (Lipinski definition) is 6. The quantitative estimate of drug-likeness (QED) is 0.0966. The summed E-state index contributed by atoms with van der Waals surface area (Å²) in [4.78, 5) is 20.1. The molecule has 264 valence electrons. The van der Waals surface area contributed by atoms with E-state index >= 15 is 4.39 Å². The van der Waals surface area contributed by atoms with E-state index in [1.807, 2.05) is 6.08 Å². The zero-order valence-electron chi connectivity index (χ0n) is 28.2. The predicted octanol–water partition coefficient (Wildman–Crippen LogP) is 7.67. The molecule has 0 N–H and O–H groups in total. The number of rotatable bonds is 10. The van der Waals surface area contributed by atoms with Crippen molar-refractivity contribution in [1.29, 1.82) is 0 Å². The van der Waals surface area contributed by atoms with E-state index in [1.165, 1.54) is 15.8 Å². The van der Waals surface area contributed by atoms with Crippen LogP contribution in [0.15, 0.2) is 79.0 Å². The first kappa shape index (κ1) is 35.3. The number of aromatic nitrogens is 3. The predicted molar refractivity (Wildman–Crippen MR) is 184 cm³/mol. The number of nitrogens with zero attached hydrogens (tertiary/aromatic N) is 5. The van der Waals surface area contributed by atoms with Crippen LogP contribution in [0.5, 0.6) is 5.88 Å². The molecule has 2 fully saturated rings. The van der Waals surface area contributed by atoms with Crippen LogP contribution in [0, 0.1) is 5.95 Å². The summed E-state index contributed by atoms with van der Waals surface area (Å²) in [6, 6.07) is 16.8. The molecule has 6 rings (SSSR count). The zero-order valence-corrected chi connectivity index (χ0v) is 28.2. The molecule has 2 aromatic carbocycles. The minimum Gasteiger partial charge on any atom is -0.473 e. The minimum atomic E-state index is -4.52. The number of pyridine rings is 1. The Labute approximate surface area is 289 Å². The highest BCUT2D eigenvalue weighted by Gasteiger charge is 2.32. The van der Waals surface area contributed by atoms with Gasteiger partial charge in [-0.15, -0.1) is 5.10 Å². The van der Waals surface area contributed by atoms with Crippen molar-refractivity contribution in [2.24, 2.45) is 0 Å². The Balaban J connectivity index is 1.33. The standard InChI is InChI=1S/C38H41F4N5O3/c1-45(2)34(48)13-9-20-46-19-8-12-29(25-46)50-33-18-16-28(24-43-33)36(31(23-38(40,41)42)26-10-4-3-5-11-26)27-15-17-32-30(22-27)37(39)44-47(32)35-14-6-7-21-49-35/h3-5,9-11,13,15-18,22,24,29,35H,6-8,12,14,19-21,23,25H2,1-2H3/b13-9?,36-31-/t29-,35?/m1/s1. The molecule has 0 bridgehead atoms. The van der Waals surface area contributed by atoms with Crippen LogP contribution < -0.4 is 4.74 Å². The monoisotopic (exact) mass is 691 g/mol. The minimum absolute atomic E-state index is 0.0417. The third-order valence-electron chi connectivity index (χ3n) is 9.02. The second-order valence-electron chi connectivity index (χ2n) is 13.0. The Bertz CT molecular complexity index is 1830. The molecule has 1 amide bonds. The van der Waals surface area contributed by atoms with E-state index in [-0.39, 0.29) is 23.0 Å². The molecule has 0 saturated carbocycles. The van der Waals surface area contributed by atoms with Gasteiger partial charge in [-0.3, -0.25) is 9.69 Å². The number of likely N-dealkylation sites (N-methyl/N-ethyl adjacent to an activating group) is 1. The normalized spacial score (nSPS) is 19.5. The number of carbonyl (C=O) groups is 1. The zero-order chi connectivity index (χ0) is 35.3. The summed E-state index contributed by atoms with van der Waals surface area (Å²) in [7, 11) is 3.41. The molecule has 0 spiro atoms. The number of carbonyl (C=O) groups excluding carboxylic acids is 1. The lowest BCUT2D eigenvalue weighted by Crippen LogP contribution is -2.41.